The topological polar surface area (TPSA) is 26.0 Å². The Morgan fingerprint density at radius 1 is 1.29 bits per heavy atom. The number of hydrogen-bond acceptors (Lipinski definition) is 2. The summed E-state index contributed by atoms with van der Waals surface area (Å²) in [5, 5.41) is 1.32. The summed E-state index contributed by atoms with van der Waals surface area (Å²) in [6.45, 7) is 0.648. The molecular formula is C13H17Cl2NS. The van der Waals surface area contributed by atoms with Crippen LogP contribution in [0.3, 0.4) is 0 Å². The molecule has 94 valence electrons. The van der Waals surface area contributed by atoms with E-state index in [2.05, 4.69) is 6.07 Å². The van der Waals surface area contributed by atoms with Gasteiger partial charge in [0.25, 0.3) is 0 Å². The van der Waals surface area contributed by atoms with E-state index in [1.54, 1.807) is 0 Å². The second kappa shape index (κ2) is 6.33. The monoisotopic (exact) mass is 289 g/mol. The standard InChI is InChI=1S/C13H17Cl2NS/c14-12-3-1-2-10(13(12)15)11(8-16)9-4-6-17-7-5-9/h1-3,9,11H,4-8,16H2. The van der Waals surface area contributed by atoms with Crippen molar-refractivity contribution in [2.75, 3.05) is 18.1 Å². The van der Waals surface area contributed by atoms with Crippen molar-refractivity contribution in [1.29, 1.82) is 0 Å². The number of hydrogen-bond donors (Lipinski definition) is 1. The lowest BCUT2D eigenvalue weighted by Crippen LogP contribution is -2.25. The highest BCUT2D eigenvalue weighted by Crippen LogP contribution is 2.39. The van der Waals surface area contributed by atoms with E-state index in [1.165, 1.54) is 24.3 Å². The van der Waals surface area contributed by atoms with Crippen molar-refractivity contribution in [1.82, 2.24) is 0 Å². The van der Waals surface area contributed by atoms with Crippen LogP contribution in [0.2, 0.25) is 10.0 Å². The van der Waals surface area contributed by atoms with Crippen molar-refractivity contribution in [3.05, 3.63) is 33.8 Å². The van der Waals surface area contributed by atoms with E-state index < -0.39 is 0 Å². The molecule has 1 unspecified atom stereocenters. The van der Waals surface area contributed by atoms with Gasteiger partial charge in [-0.05, 0) is 48.4 Å². The van der Waals surface area contributed by atoms with Crippen LogP contribution in [0.4, 0.5) is 0 Å². The van der Waals surface area contributed by atoms with Crippen LogP contribution < -0.4 is 5.73 Å². The van der Waals surface area contributed by atoms with E-state index in [0.29, 0.717) is 28.4 Å². The Balaban J connectivity index is 2.24. The number of nitrogens with two attached hydrogens (primary N) is 1. The molecule has 0 bridgehead atoms. The predicted octanol–water partition coefficient (Wildman–Crippen LogP) is 4.18. The average molecular weight is 290 g/mol. The van der Waals surface area contributed by atoms with E-state index in [9.17, 15) is 0 Å². The number of rotatable bonds is 3. The van der Waals surface area contributed by atoms with Crippen molar-refractivity contribution >= 4 is 35.0 Å². The molecule has 2 N–H and O–H groups in total. The van der Waals surface area contributed by atoms with Crippen LogP contribution in [0.1, 0.15) is 24.3 Å². The van der Waals surface area contributed by atoms with Gasteiger partial charge in [0.15, 0.2) is 0 Å². The maximum atomic E-state index is 6.29. The second-order valence-corrected chi connectivity index (χ2v) is 6.44. The molecule has 0 aliphatic carbocycles. The van der Waals surface area contributed by atoms with Crippen LogP contribution in [-0.2, 0) is 0 Å². The molecule has 1 saturated heterocycles. The molecule has 1 atom stereocenters. The molecule has 0 spiro atoms. The molecule has 1 aliphatic rings. The van der Waals surface area contributed by atoms with Gasteiger partial charge >= 0.3 is 0 Å². The number of benzene rings is 1. The molecular weight excluding hydrogens is 273 g/mol. The second-order valence-electron chi connectivity index (χ2n) is 4.44. The normalized spacial score (nSPS) is 19.2. The van der Waals surface area contributed by atoms with E-state index in [1.807, 2.05) is 23.9 Å². The Labute approximate surface area is 117 Å². The average Bonchev–Trinajstić information content (AvgIpc) is 2.37. The Bertz CT molecular complexity index is 378. The Morgan fingerprint density at radius 3 is 2.65 bits per heavy atom. The lowest BCUT2D eigenvalue weighted by molar-refractivity contribution is 0.401. The minimum absolute atomic E-state index is 0.349. The van der Waals surface area contributed by atoms with Crippen LogP contribution in [0.5, 0.6) is 0 Å². The number of halogens is 2. The highest BCUT2D eigenvalue weighted by Gasteiger charge is 2.26. The lowest BCUT2D eigenvalue weighted by atomic mass is 9.82. The van der Waals surface area contributed by atoms with Crippen molar-refractivity contribution in [2.45, 2.75) is 18.8 Å². The summed E-state index contributed by atoms with van der Waals surface area (Å²) >= 11 is 14.4. The van der Waals surface area contributed by atoms with Crippen LogP contribution >= 0.6 is 35.0 Å². The first-order valence-electron chi connectivity index (χ1n) is 5.95. The summed E-state index contributed by atoms with van der Waals surface area (Å²) < 4.78 is 0. The number of thioether (sulfide) groups is 1. The van der Waals surface area contributed by atoms with Crippen molar-refractivity contribution in [3.8, 4) is 0 Å². The summed E-state index contributed by atoms with van der Waals surface area (Å²) in [5.74, 6) is 3.47. The minimum atomic E-state index is 0.349. The molecule has 0 saturated carbocycles. The molecule has 1 aliphatic heterocycles. The summed E-state index contributed by atoms with van der Waals surface area (Å²) in [6, 6.07) is 5.86. The van der Waals surface area contributed by atoms with Gasteiger partial charge in [-0.2, -0.15) is 11.8 Å². The Kier molecular flexibility index (Phi) is 5.04. The first-order chi connectivity index (χ1) is 8.24. The fraction of sp³-hybridized carbons (Fsp3) is 0.538. The maximum Gasteiger partial charge on any atom is 0.0627 e. The van der Waals surface area contributed by atoms with Crippen LogP contribution in [0.15, 0.2) is 18.2 Å². The fourth-order valence-electron chi connectivity index (χ4n) is 2.50. The van der Waals surface area contributed by atoms with Crippen LogP contribution in [0, 0.1) is 5.92 Å². The van der Waals surface area contributed by atoms with Gasteiger partial charge in [0.05, 0.1) is 10.0 Å². The van der Waals surface area contributed by atoms with E-state index >= 15 is 0 Å². The van der Waals surface area contributed by atoms with E-state index in [0.717, 1.165) is 5.56 Å². The van der Waals surface area contributed by atoms with Gasteiger partial charge in [0.2, 0.25) is 0 Å². The van der Waals surface area contributed by atoms with E-state index in [-0.39, 0.29) is 0 Å². The first-order valence-corrected chi connectivity index (χ1v) is 7.86. The van der Waals surface area contributed by atoms with Gasteiger partial charge < -0.3 is 5.73 Å². The van der Waals surface area contributed by atoms with Crippen molar-refractivity contribution < 1.29 is 0 Å². The van der Waals surface area contributed by atoms with Crippen LogP contribution in [0.25, 0.3) is 0 Å². The summed E-state index contributed by atoms with van der Waals surface area (Å²) in [6.07, 6.45) is 2.46. The third-order valence-electron chi connectivity index (χ3n) is 3.47. The van der Waals surface area contributed by atoms with Gasteiger partial charge in [0, 0.05) is 5.92 Å². The zero-order valence-corrected chi connectivity index (χ0v) is 12.0. The Morgan fingerprint density at radius 2 is 2.00 bits per heavy atom. The third kappa shape index (κ3) is 3.11. The van der Waals surface area contributed by atoms with Gasteiger partial charge in [0.1, 0.15) is 0 Å². The SMILES string of the molecule is NCC(c1cccc(Cl)c1Cl)C1CCSCC1. The smallest absolute Gasteiger partial charge is 0.0627 e. The molecule has 1 heterocycles. The van der Waals surface area contributed by atoms with Crippen molar-refractivity contribution in [3.63, 3.8) is 0 Å². The van der Waals surface area contributed by atoms with Crippen LogP contribution in [-0.4, -0.2) is 18.1 Å². The van der Waals surface area contributed by atoms with Gasteiger partial charge in [-0.3, -0.25) is 0 Å². The zero-order valence-electron chi connectivity index (χ0n) is 9.66. The molecule has 0 amide bonds. The lowest BCUT2D eigenvalue weighted by Gasteiger charge is -2.30. The van der Waals surface area contributed by atoms with Gasteiger partial charge in [-0.25, -0.2) is 0 Å². The molecule has 1 fully saturated rings. The highest BCUT2D eigenvalue weighted by atomic mass is 35.5. The summed E-state index contributed by atoms with van der Waals surface area (Å²) in [7, 11) is 0. The largest absolute Gasteiger partial charge is 0.330 e. The molecule has 4 heteroatoms. The minimum Gasteiger partial charge on any atom is -0.330 e. The molecule has 17 heavy (non-hydrogen) atoms. The van der Waals surface area contributed by atoms with Gasteiger partial charge in [-0.1, -0.05) is 35.3 Å². The maximum absolute atomic E-state index is 6.29. The van der Waals surface area contributed by atoms with Crippen molar-refractivity contribution in [2.24, 2.45) is 11.7 Å². The summed E-state index contributed by atoms with van der Waals surface area (Å²) in [5.41, 5.74) is 7.07. The molecule has 1 aromatic carbocycles. The first kappa shape index (κ1) is 13.5. The Hall–Kier alpha value is 0.110. The molecule has 1 aromatic rings. The molecule has 0 aromatic heterocycles. The van der Waals surface area contributed by atoms with Gasteiger partial charge in [-0.15, -0.1) is 0 Å². The molecule has 2 rings (SSSR count). The fourth-order valence-corrected chi connectivity index (χ4v) is 4.09. The highest BCUT2D eigenvalue weighted by molar-refractivity contribution is 7.99. The van der Waals surface area contributed by atoms with E-state index in [4.69, 9.17) is 28.9 Å². The quantitative estimate of drug-likeness (QED) is 0.903. The third-order valence-corrected chi connectivity index (χ3v) is 5.35. The predicted molar refractivity (Wildman–Crippen MR) is 78.3 cm³/mol. The zero-order chi connectivity index (χ0) is 12.3. The summed E-state index contributed by atoms with van der Waals surface area (Å²) in [4.78, 5) is 0. The molecule has 1 nitrogen and oxygen atoms in total. The molecule has 0 radical (unpaired) electrons.